The fraction of sp³-hybridized carbons (Fsp3) is 0.632. The second-order valence-corrected chi connectivity index (χ2v) is 24.7. The smallest absolute Gasteiger partial charge is 0.316 e. The Balaban J connectivity index is 1.19. The van der Waals surface area contributed by atoms with Crippen molar-refractivity contribution in [2.75, 3.05) is 33.1 Å². The van der Waals surface area contributed by atoms with Gasteiger partial charge >= 0.3 is 5.97 Å². The number of esters is 1. The van der Waals surface area contributed by atoms with Crippen LogP contribution in [0.2, 0.25) is 0 Å². The topological polar surface area (TPSA) is 261 Å². The zero-order chi connectivity index (χ0) is 58.3. The number of carbonyl (C=O) groups is 3. The number of amides is 1. The first-order chi connectivity index (χ1) is 37.8. The number of cyclic esters (lactones) is 1. The van der Waals surface area contributed by atoms with Crippen molar-refractivity contribution in [2.45, 2.75) is 173 Å². The largest absolute Gasteiger partial charge is 0.459 e. The summed E-state index contributed by atoms with van der Waals surface area (Å²) in [4.78, 5) is 59.5. The van der Waals surface area contributed by atoms with Crippen LogP contribution in [-0.4, -0.2) is 164 Å². The molecule has 0 saturated carbocycles. The first kappa shape index (κ1) is 61.9. The summed E-state index contributed by atoms with van der Waals surface area (Å²) in [6.45, 7) is 15.0. The highest BCUT2D eigenvalue weighted by Crippen LogP contribution is 2.45. The van der Waals surface area contributed by atoms with Crippen LogP contribution in [0.4, 0.5) is 4.39 Å². The Morgan fingerprint density at radius 3 is 2.44 bits per heavy atom. The van der Waals surface area contributed by atoms with Crippen LogP contribution >= 0.6 is 0 Å². The Labute approximate surface area is 468 Å². The average Bonchev–Trinajstić information content (AvgIpc) is 4.26. The van der Waals surface area contributed by atoms with E-state index in [9.17, 15) is 37.4 Å². The molecule has 3 saturated heterocycles. The summed E-state index contributed by atoms with van der Waals surface area (Å²) in [5, 5.41) is 42.5. The second kappa shape index (κ2) is 26.5. The SMILES string of the molecule is CC[C@H]1OC(=O)[C@H](C)C(=O)[C@H](C)[C@@H](O[C@@H]2O[C@H](C)C[C@H](N(C)CCc3cn([C@H](CF)Cc4ccc(S(C)(=O)=O)cc4)nn3)[C@H]2O)[C@]2(C)CC/C(=N/OCc3ccc(-n4cccn4)cn3)CO[C@H]([C@@H](C)/C(=N/C(C)=O)[C@H](C)C2)[C@]1(C)O. The number of carbonyl (C=O) groups excluding carboxylic acids is 3. The van der Waals surface area contributed by atoms with E-state index in [0.717, 1.165) is 17.5 Å². The van der Waals surface area contributed by atoms with E-state index in [4.69, 9.17) is 23.8 Å². The van der Waals surface area contributed by atoms with Gasteiger partial charge < -0.3 is 38.9 Å². The molecule has 6 heterocycles. The number of aromatic nitrogens is 6. The number of alkyl halides is 1. The van der Waals surface area contributed by atoms with Gasteiger partial charge in [0.2, 0.25) is 5.91 Å². The number of benzene rings is 1. The lowest BCUT2D eigenvalue weighted by Crippen LogP contribution is -2.59. The number of hydrogen-bond donors (Lipinski definition) is 2. The van der Waals surface area contributed by atoms with Gasteiger partial charge in [-0.25, -0.2) is 27.2 Å². The van der Waals surface area contributed by atoms with Gasteiger partial charge in [-0.15, -0.1) is 5.10 Å². The number of rotatable bonds is 16. The van der Waals surface area contributed by atoms with Crippen molar-refractivity contribution in [3.05, 3.63) is 84.2 Å². The number of pyridine rings is 1. The maximum absolute atomic E-state index is 14.9. The highest BCUT2D eigenvalue weighted by atomic mass is 32.2. The molecule has 0 unspecified atom stereocenters. The van der Waals surface area contributed by atoms with Gasteiger partial charge in [0.05, 0.1) is 64.8 Å². The Bertz CT molecular complexity index is 2900. The van der Waals surface area contributed by atoms with Crippen molar-refractivity contribution in [1.29, 1.82) is 0 Å². The van der Waals surface area contributed by atoms with E-state index in [1.165, 1.54) is 37.6 Å². The van der Waals surface area contributed by atoms with Crippen LogP contribution in [0.15, 0.2) is 82.3 Å². The molecule has 80 heavy (non-hydrogen) atoms. The molecular weight excluding hydrogens is 1050 g/mol. The quantitative estimate of drug-likeness (QED) is 0.0732. The number of Topliss-reactive ketones (excluding diaryl/α,β-unsaturated/α-hetero) is 1. The number of aliphatic imine (C=N–C) groups is 1. The molecule has 3 aromatic heterocycles. The van der Waals surface area contributed by atoms with E-state index in [1.54, 1.807) is 49.3 Å². The van der Waals surface area contributed by atoms with E-state index in [0.29, 0.717) is 48.6 Å². The van der Waals surface area contributed by atoms with Crippen molar-refractivity contribution in [3.63, 3.8) is 0 Å². The van der Waals surface area contributed by atoms with E-state index in [2.05, 4.69) is 30.5 Å². The minimum atomic E-state index is -3.39. The number of oxime groups is 1. The summed E-state index contributed by atoms with van der Waals surface area (Å²) in [6.07, 6.45) is 3.74. The van der Waals surface area contributed by atoms with Gasteiger partial charge in [0.25, 0.3) is 0 Å². The predicted molar refractivity (Wildman–Crippen MR) is 294 cm³/mol. The molecule has 1 aromatic carbocycles. The molecule has 0 aliphatic carbocycles. The van der Waals surface area contributed by atoms with E-state index in [-0.39, 0.29) is 43.8 Å². The number of aliphatic hydroxyl groups excluding tert-OH is 1. The summed E-state index contributed by atoms with van der Waals surface area (Å²) in [7, 11) is -1.52. The number of sulfone groups is 1. The summed E-state index contributed by atoms with van der Waals surface area (Å²) in [6, 6.07) is 10.6. The van der Waals surface area contributed by atoms with E-state index < -0.39 is 118 Å². The average molecular weight is 1130 g/mol. The fourth-order valence-electron chi connectivity index (χ4n) is 11.7. The number of hydrogen-bond acceptors (Lipinski definition) is 18. The van der Waals surface area contributed by atoms with Crippen molar-refractivity contribution < 1.29 is 61.2 Å². The van der Waals surface area contributed by atoms with Gasteiger partial charge in [0.1, 0.15) is 30.4 Å². The molecule has 2 bridgehead atoms. The van der Waals surface area contributed by atoms with Crippen molar-refractivity contribution in [1.82, 2.24) is 34.7 Å². The third-order valence-electron chi connectivity index (χ3n) is 16.2. The molecule has 14 atom stereocenters. The van der Waals surface area contributed by atoms with Crippen molar-refractivity contribution in [3.8, 4) is 5.69 Å². The molecule has 438 valence electrons. The number of nitrogens with zero attached hydrogens (tertiary/aromatic N) is 9. The molecule has 0 radical (unpaired) electrons. The maximum Gasteiger partial charge on any atom is 0.316 e. The minimum absolute atomic E-state index is 0.00473. The first-order valence-corrected chi connectivity index (χ1v) is 29.5. The lowest BCUT2D eigenvalue weighted by atomic mass is 9.66. The van der Waals surface area contributed by atoms with Crippen LogP contribution in [0.3, 0.4) is 0 Å². The first-order valence-electron chi connectivity index (χ1n) is 27.6. The molecule has 21 nitrogen and oxygen atoms in total. The second-order valence-electron chi connectivity index (χ2n) is 22.7. The number of ketones is 1. The van der Waals surface area contributed by atoms with E-state index in [1.807, 2.05) is 64.0 Å². The van der Waals surface area contributed by atoms with Crippen LogP contribution < -0.4 is 0 Å². The molecular formula is C57H80FN9O12S. The zero-order valence-corrected chi connectivity index (χ0v) is 48.7. The van der Waals surface area contributed by atoms with Gasteiger partial charge in [-0.1, -0.05) is 57.1 Å². The molecule has 1 amide bonds. The number of halogens is 1. The molecule has 0 spiro atoms. The summed E-state index contributed by atoms with van der Waals surface area (Å²) < 4.78 is 68.0. The zero-order valence-electron chi connectivity index (χ0n) is 47.8. The van der Waals surface area contributed by atoms with Crippen LogP contribution in [0, 0.1) is 29.1 Å². The molecule has 2 N–H and O–H groups in total. The minimum Gasteiger partial charge on any atom is -0.459 e. The van der Waals surface area contributed by atoms with Crippen LogP contribution in [0.1, 0.15) is 117 Å². The number of aliphatic hydroxyl groups is 2. The number of likely N-dealkylation sites (N-methyl/N-ethyl adjacent to an activating group) is 1. The van der Waals surface area contributed by atoms with Crippen LogP contribution in [0.25, 0.3) is 5.69 Å². The number of ether oxygens (including phenoxy) is 4. The Morgan fingerprint density at radius 2 is 1.80 bits per heavy atom. The van der Waals surface area contributed by atoms with Crippen molar-refractivity contribution in [2.24, 2.45) is 39.2 Å². The van der Waals surface area contributed by atoms with Gasteiger partial charge in [0, 0.05) is 68.3 Å². The highest BCUT2D eigenvalue weighted by molar-refractivity contribution is 7.90. The lowest BCUT2D eigenvalue weighted by molar-refractivity contribution is -0.287. The van der Waals surface area contributed by atoms with Crippen molar-refractivity contribution >= 4 is 38.9 Å². The fourth-order valence-corrected chi connectivity index (χ4v) is 12.4. The standard InChI is InChI=1S/C57H80FN9O12S/c1-12-48-57(9,72)53-36(4)49(61-39(7)68)34(2)28-56(8,22-20-43(32-75-53)63-76-33-42-16-17-44(30-59-42)66-24-13-23-60-66)52(37(5)50(69)38(6)54(71)78-48)79-55-51(70)47(26-35(3)77-55)65(10)25-21-41-31-67(64-62-41)45(29-58)27-40-14-18-46(19-15-40)80(11,73)74/h13-19,23-24,30-31,34-38,45,47-48,51-53,55,70,72H,12,20-22,25-29,32-33H2,1-11H3/b61-49+,63-43-/t34-,35-,36+,37+,38-,45+,47+,48-,51-,52-,53-,55+,56-,57-/m1/s1. The van der Waals surface area contributed by atoms with Gasteiger partial charge in [-0.3, -0.25) is 19.4 Å². The molecule has 3 fully saturated rings. The summed E-state index contributed by atoms with van der Waals surface area (Å²) in [5.41, 5.74) is 0.681. The maximum atomic E-state index is 14.9. The highest BCUT2D eigenvalue weighted by Gasteiger charge is 2.52. The number of fused-ring (bicyclic) bond motifs is 5. The lowest BCUT2D eigenvalue weighted by Gasteiger charge is -2.48. The molecule has 3 aliphatic rings. The van der Waals surface area contributed by atoms with Crippen LogP contribution in [-0.2, 0) is 67.5 Å². The molecule has 3 aliphatic heterocycles. The molecule has 4 aromatic rings. The van der Waals surface area contributed by atoms with Gasteiger partial charge in [-0.2, -0.15) is 5.10 Å². The molecule has 7 rings (SSSR count). The normalized spacial score (nSPS) is 31.8. The summed E-state index contributed by atoms with van der Waals surface area (Å²) >= 11 is 0. The predicted octanol–water partition coefficient (Wildman–Crippen LogP) is 6.08. The third kappa shape index (κ3) is 14.9. The Kier molecular flexibility index (Phi) is 20.5. The van der Waals surface area contributed by atoms with Gasteiger partial charge in [0.15, 0.2) is 28.5 Å². The van der Waals surface area contributed by atoms with Gasteiger partial charge in [-0.05, 0) is 114 Å². The monoisotopic (exact) mass is 1130 g/mol. The summed E-state index contributed by atoms with van der Waals surface area (Å²) in [5.74, 6) is -5.32. The third-order valence-corrected chi connectivity index (χ3v) is 17.4. The molecule has 23 heteroatoms. The Hall–Kier alpha value is -5.69. The van der Waals surface area contributed by atoms with Crippen LogP contribution in [0.5, 0.6) is 0 Å². The Morgan fingerprint density at radius 1 is 1.06 bits per heavy atom. The van der Waals surface area contributed by atoms with E-state index >= 15 is 0 Å².